The molecule has 0 atom stereocenters. The Kier molecular flexibility index (Phi) is 6.34. The Morgan fingerprint density at radius 2 is 1.81 bits per heavy atom. The second kappa shape index (κ2) is 6.45. The van der Waals surface area contributed by atoms with E-state index in [0.29, 0.717) is 18.4 Å². The third-order valence-electron chi connectivity index (χ3n) is 3.70. The Bertz CT molecular complexity index is 223. The number of nitrogens with two attached hydrogens (primary N) is 1. The van der Waals surface area contributed by atoms with Crippen molar-refractivity contribution in [1.29, 1.82) is 0 Å². The standard InChI is InChI=1S/C12H23NO2.ClH/c1-12(2,8-11(14)15-3)9-4-6-10(13)7-5-9;/h9-10H,4-8,13H2,1-3H3;1H/t9-,10-;. The first kappa shape index (κ1) is 15.7. The van der Waals surface area contributed by atoms with Gasteiger partial charge in [-0.2, -0.15) is 0 Å². The van der Waals surface area contributed by atoms with Crippen LogP contribution in [-0.4, -0.2) is 19.1 Å². The van der Waals surface area contributed by atoms with Crippen LogP contribution in [0, 0.1) is 11.3 Å². The predicted molar refractivity (Wildman–Crippen MR) is 67.6 cm³/mol. The van der Waals surface area contributed by atoms with Crippen LogP contribution in [0.25, 0.3) is 0 Å². The molecular formula is C12H24ClNO2. The summed E-state index contributed by atoms with van der Waals surface area (Å²) < 4.78 is 4.73. The van der Waals surface area contributed by atoms with Crippen LogP contribution in [0.15, 0.2) is 0 Å². The number of carbonyl (C=O) groups excluding carboxylic acids is 1. The molecule has 1 aliphatic rings. The third kappa shape index (κ3) is 4.30. The Morgan fingerprint density at radius 1 is 1.31 bits per heavy atom. The number of hydrogen-bond donors (Lipinski definition) is 1. The molecule has 4 heteroatoms. The highest BCUT2D eigenvalue weighted by Gasteiger charge is 2.34. The summed E-state index contributed by atoms with van der Waals surface area (Å²) in [5, 5.41) is 0. The van der Waals surface area contributed by atoms with Gasteiger partial charge >= 0.3 is 5.97 Å². The molecule has 0 aromatic rings. The molecule has 16 heavy (non-hydrogen) atoms. The lowest BCUT2D eigenvalue weighted by molar-refractivity contribution is -0.144. The number of rotatable bonds is 3. The number of carbonyl (C=O) groups is 1. The molecule has 1 fully saturated rings. The summed E-state index contributed by atoms with van der Waals surface area (Å²) in [4.78, 5) is 11.3. The van der Waals surface area contributed by atoms with Gasteiger partial charge in [0.05, 0.1) is 13.5 Å². The Hall–Kier alpha value is -0.280. The van der Waals surface area contributed by atoms with E-state index in [0.717, 1.165) is 25.7 Å². The van der Waals surface area contributed by atoms with Crippen LogP contribution < -0.4 is 5.73 Å². The van der Waals surface area contributed by atoms with Crippen LogP contribution in [-0.2, 0) is 9.53 Å². The molecule has 0 heterocycles. The largest absolute Gasteiger partial charge is 0.469 e. The first-order chi connectivity index (χ1) is 6.95. The molecule has 0 aliphatic heterocycles. The quantitative estimate of drug-likeness (QED) is 0.782. The van der Waals surface area contributed by atoms with E-state index in [4.69, 9.17) is 10.5 Å². The van der Waals surface area contributed by atoms with Crippen molar-refractivity contribution in [3.8, 4) is 0 Å². The van der Waals surface area contributed by atoms with Gasteiger partial charge in [0.15, 0.2) is 0 Å². The van der Waals surface area contributed by atoms with Crippen LogP contribution in [0.3, 0.4) is 0 Å². The second-order valence-corrected chi connectivity index (χ2v) is 5.35. The maximum Gasteiger partial charge on any atom is 0.306 e. The van der Waals surface area contributed by atoms with Crippen molar-refractivity contribution in [2.45, 2.75) is 52.0 Å². The first-order valence-corrected chi connectivity index (χ1v) is 5.78. The summed E-state index contributed by atoms with van der Waals surface area (Å²) in [6, 6.07) is 0.371. The lowest BCUT2D eigenvalue weighted by Crippen LogP contribution is -2.34. The summed E-state index contributed by atoms with van der Waals surface area (Å²) in [6.07, 6.45) is 4.99. The van der Waals surface area contributed by atoms with E-state index in [2.05, 4.69) is 13.8 Å². The van der Waals surface area contributed by atoms with Crippen molar-refractivity contribution in [2.24, 2.45) is 17.1 Å². The molecule has 1 rings (SSSR count). The molecule has 0 bridgehead atoms. The van der Waals surface area contributed by atoms with E-state index >= 15 is 0 Å². The van der Waals surface area contributed by atoms with Crippen LogP contribution in [0.5, 0.6) is 0 Å². The summed E-state index contributed by atoms with van der Waals surface area (Å²) in [6.45, 7) is 4.32. The van der Waals surface area contributed by atoms with Gasteiger partial charge in [0.25, 0.3) is 0 Å². The molecule has 0 amide bonds. The van der Waals surface area contributed by atoms with Gasteiger partial charge in [0, 0.05) is 6.04 Å². The Balaban J connectivity index is 0.00000225. The van der Waals surface area contributed by atoms with Crippen LogP contribution in [0.1, 0.15) is 46.0 Å². The zero-order valence-corrected chi connectivity index (χ0v) is 11.3. The Morgan fingerprint density at radius 3 is 2.25 bits per heavy atom. The van der Waals surface area contributed by atoms with Gasteiger partial charge in [0.1, 0.15) is 0 Å². The Labute approximate surface area is 105 Å². The molecule has 1 saturated carbocycles. The van der Waals surface area contributed by atoms with E-state index in [1.165, 1.54) is 7.11 Å². The molecule has 96 valence electrons. The van der Waals surface area contributed by atoms with Crippen LogP contribution >= 0.6 is 12.4 Å². The van der Waals surface area contributed by atoms with E-state index in [1.807, 2.05) is 0 Å². The monoisotopic (exact) mass is 249 g/mol. The fourth-order valence-electron chi connectivity index (χ4n) is 2.49. The number of methoxy groups -OCH3 is 1. The van der Waals surface area contributed by atoms with E-state index < -0.39 is 0 Å². The maximum absolute atomic E-state index is 11.3. The third-order valence-corrected chi connectivity index (χ3v) is 3.70. The number of hydrogen-bond acceptors (Lipinski definition) is 3. The molecule has 2 N–H and O–H groups in total. The topological polar surface area (TPSA) is 52.3 Å². The van der Waals surface area contributed by atoms with Gasteiger partial charge in [-0.25, -0.2) is 0 Å². The number of ether oxygens (including phenoxy) is 1. The van der Waals surface area contributed by atoms with Crippen molar-refractivity contribution in [1.82, 2.24) is 0 Å². The van der Waals surface area contributed by atoms with Gasteiger partial charge in [0.2, 0.25) is 0 Å². The minimum absolute atomic E-state index is 0. The fourth-order valence-corrected chi connectivity index (χ4v) is 2.49. The molecule has 0 aromatic carbocycles. The molecule has 3 nitrogen and oxygen atoms in total. The van der Waals surface area contributed by atoms with Crippen molar-refractivity contribution < 1.29 is 9.53 Å². The van der Waals surface area contributed by atoms with Gasteiger partial charge in [-0.1, -0.05) is 13.8 Å². The summed E-state index contributed by atoms with van der Waals surface area (Å²) >= 11 is 0. The van der Waals surface area contributed by atoms with Gasteiger partial charge in [-0.15, -0.1) is 12.4 Å². The molecule has 0 unspecified atom stereocenters. The van der Waals surface area contributed by atoms with Gasteiger partial charge in [-0.05, 0) is 37.0 Å². The molecular weight excluding hydrogens is 226 g/mol. The van der Waals surface area contributed by atoms with Crippen molar-refractivity contribution in [3.05, 3.63) is 0 Å². The highest BCUT2D eigenvalue weighted by Crippen LogP contribution is 2.40. The lowest BCUT2D eigenvalue weighted by atomic mass is 9.68. The van der Waals surface area contributed by atoms with E-state index in [9.17, 15) is 4.79 Å². The predicted octanol–water partition coefficient (Wildman–Crippen LogP) is 2.52. The van der Waals surface area contributed by atoms with E-state index in [1.54, 1.807) is 0 Å². The summed E-state index contributed by atoms with van der Waals surface area (Å²) in [7, 11) is 1.45. The molecule has 1 aliphatic carbocycles. The number of esters is 1. The molecule has 0 spiro atoms. The molecule has 0 aromatic heterocycles. The maximum atomic E-state index is 11.3. The number of halogens is 1. The SMILES string of the molecule is COC(=O)CC(C)(C)[C@H]1CC[C@H](N)CC1.Cl. The van der Waals surface area contributed by atoms with Gasteiger partial charge < -0.3 is 10.5 Å². The van der Waals surface area contributed by atoms with Crippen LogP contribution in [0.4, 0.5) is 0 Å². The average molecular weight is 250 g/mol. The summed E-state index contributed by atoms with van der Waals surface area (Å²) in [5.41, 5.74) is 5.92. The normalized spacial score (nSPS) is 25.8. The second-order valence-electron chi connectivity index (χ2n) is 5.35. The van der Waals surface area contributed by atoms with Crippen LogP contribution in [0.2, 0.25) is 0 Å². The molecule has 0 saturated heterocycles. The van der Waals surface area contributed by atoms with Crippen molar-refractivity contribution in [2.75, 3.05) is 7.11 Å². The van der Waals surface area contributed by atoms with E-state index in [-0.39, 0.29) is 23.8 Å². The van der Waals surface area contributed by atoms with Gasteiger partial charge in [-0.3, -0.25) is 4.79 Å². The van der Waals surface area contributed by atoms with Crippen molar-refractivity contribution in [3.63, 3.8) is 0 Å². The zero-order valence-electron chi connectivity index (χ0n) is 10.5. The smallest absolute Gasteiger partial charge is 0.306 e. The first-order valence-electron chi connectivity index (χ1n) is 5.78. The molecule has 0 radical (unpaired) electrons. The summed E-state index contributed by atoms with van der Waals surface area (Å²) in [5.74, 6) is 0.506. The average Bonchev–Trinajstić information content (AvgIpc) is 2.17. The minimum atomic E-state index is -0.102. The lowest BCUT2D eigenvalue weighted by Gasteiger charge is -2.37. The fraction of sp³-hybridized carbons (Fsp3) is 0.917. The van der Waals surface area contributed by atoms with Crippen molar-refractivity contribution >= 4 is 18.4 Å². The highest BCUT2D eigenvalue weighted by molar-refractivity contribution is 5.85. The highest BCUT2D eigenvalue weighted by atomic mass is 35.5. The minimum Gasteiger partial charge on any atom is -0.469 e. The zero-order chi connectivity index (χ0) is 11.5.